The molecule has 3 N–H and O–H groups in total. The van der Waals surface area contributed by atoms with Gasteiger partial charge in [0, 0.05) is 18.0 Å². The third kappa shape index (κ3) is 4.01. The number of hydrogen-bond donors (Lipinski definition) is 3. The van der Waals surface area contributed by atoms with Gasteiger partial charge in [-0.15, -0.1) is 0 Å². The van der Waals surface area contributed by atoms with Gasteiger partial charge in [-0.2, -0.15) is 0 Å². The molecule has 1 aromatic carbocycles. The third-order valence-electron chi connectivity index (χ3n) is 3.08. The number of benzene rings is 1. The molecule has 0 heterocycles. The zero-order valence-corrected chi connectivity index (χ0v) is 10.8. The summed E-state index contributed by atoms with van der Waals surface area (Å²) >= 11 is 0. The summed E-state index contributed by atoms with van der Waals surface area (Å²) in [7, 11) is 0. The van der Waals surface area contributed by atoms with Crippen molar-refractivity contribution in [1.29, 1.82) is 0 Å². The standard InChI is InChI=1S/C15H18N2O2/c18-11-4-3-7-12-6-1-2-10-14(12)17-15(19)16-13-8-5-9-13/h1-2,6,10,13,18H,4-5,8-9,11H2,(H2,16,17,19). The van der Waals surface area contributed by atoms with Crippen molar-refractivity contribution in [1.82, 2.24) is 5.32 Å². The maximum absolute atomic E-state index is 11.8. The van der Waals surface area contributed by atoms with Gasteiger partial charge in [0.25, 0.3) is 0 Å². The van der Waals surface area contributed by atoms with E-state index in [1.54, 1.807) is 0 Å². The van der Waals surface area contributed by atoms with Gasteiger partial charge in [-0.25, -0.2) is 4.79 Å². The number of aliphatic hydroxyl groups excluding tert-OH is 1. The molecule has 1 fully saturated rings. The summed E-state index contributed by atoms with van der Waals surface area (Å²) in [5, 5.41) is 14.5. The first-order chi connectivity index (χ1) is 9.29. The van der Waals surface area contributed by atoms with Crippen molar-refractivity contribution >= 4 is 11.7 Å². The third-order valence-corrected chi connectivity index (χ3v) is 3.08. The smallest absolute Gasteiger partial charge is 0.319 e. The van der Waals surface area contributed by atoms with Gasteiger partial charge in [0.2, 0.25) is 0 Å². The van der Waals surface area contributed by atoms with E-state index in [1.165, 1.54) is 6.42 Å². The van der Waals surface area contributed by atoms with Crippen LogP contribution in [0.4, 0.5) is 10.5 Å². The fraction of sp³-hybridized carbons (Fsp3) is 0.400. The normalized spacial score (nSPS) is 13.9. The first-order valence-electron chi connectivity index (χ1n) is 6.56. The van der Waals surface area contributed by atoms with Gasteiger partial charge >= 0.3 is 6.03 Å². The highest BCUT2D eigenvalue weighted by Gasteiger charge is 2.19. The second kappa shape index (κ2) is 6.81. The van der Waals surface area contributed by atoms with Crippen LogP contribution in [0, 0.1) is 11.8 Å². The van der Waals surface area contributed by atoms with Crippen LogP contribution in [-0.4, -0.2) is 23.8 Å². The molecule has 0 radical (unpaired) electrons. The molecule has 4 heteroatoms. The van der Waals surface area contributed by atoms with E-state index in [0.717, 1.165) is 18.4 Å². The predicted octanol–water partition coefficient (Wildman–Crippen LogP) is 2.09. The number of carbonyl (C=O) groups excluding carboxylic acids is 1. The van der Waals surface area contributed by atoms with Crippen LogP contribution in [0.2, 0.25) is 0 Å². The lowest BCUT2D eigenvalue weighted by atomic mass is 9.93. The van der Waals surface area contributed by atoms with Crippen molar-refractivity contribution < 1.29 is 9.90 Å². The monoisotopic (exact) mass is 258 g/mol. The summed E-state index contributed by atoms with van der Waals surface area (Å²) in [5.74, 6) is 5.80. The van der Waals surface area contributed by atoms with E-state index in [-0.39, 0.29) is 12.6 Å². The molecule has 1 aliphatic carbocycles. The molecular formula is C15H18N2O2. The van der Waals surface area contributed by atoms with Crippen LogP contribution in [0.5, 0.6) is 0 Å². The van der Waals surface area contributed by atoms with E-state index in [4.69, 9.17) is 5.11 Å². The number of hydrogen-bond acceptors (Lipinski definition) is 2. The molecule has 2 amide bonds. The lowest BCUT2D eigenvalue weighted by Crippen LogP contribution is -2.41. The van der Waals surface area contributed by atoms with Crippen molar-refractivity contribution in [3.05, 3.63) is 29.8 Å². The summed E-state index contributed by atoms with van der Waals surface area (Å²) in [6.07, 6.45) is 3.74. The molecule has 19 heavy (non-hydrogen) atoms. The topological polar surface area (TPSA) is 61.4 Å². The molecular weight excluding hydrogens is 240 g/mol. The fourth-order valence-corrected chi connectivity index (χ4v) is 1.81. The van der Waals surface area contributed by atoms with Crippen LogP contribution in [0.1, 0.15) is 31.2 Å². The highest BCUT2D eigenvalue weighted by atomic mass is 16.2. The number of rotatable bonds is 3. The average molecular weight is 258 g/mol. The second-order valence-electron chi connectivity index (χ2n) is 4.55. The fourth-order valence-electron chi connectivity index (χ4n) is 1.81. The number of urea groups is 1. The molecule has 4 nitrogen and oxygen atoms in total. The first-order valence-corrected chi connectivity index (χ1v) is 6.56. The number of nitrogens with one attached hydrogen (secondary N) is 2. The molecule has 0 aromatic heterocycles. The minimum atomic E-state index is -0.180. The van der Waals surface area contributed by atoms with Crippen LogP contribution < -0.4 is 10.6 Å². The maximum Gasteiger partial charge on any atom is 0.319 e. The van der Waals surface area contributed by atoms with E-state index in [1.807, 2.05) is 24.3 Å². The van der Waals surface area contributed by atoms with Gasteiger partial charge in [0.15, 0.2) is 0 Å². The zero-order valence-electron chi connectivity index (χ0n) is 10.8. The van der Waals surface area contributed by atoms with Crippen molar-refractivity contribution in [3.8, 4) is 11.8 Å². The number of aliphatic hydroxyl groups is 1. The number of anilines is 1. The molecule has 1 aromatic rings. The van der Waals surface area contributed by atoms with Crippen molar-refractivity contribution in [2.75, 3.05) is 11.9 Å². The largest absolute Gasteiger partial charge is 0.395 e. The van der Waals surface area contributed by atoms with Crippen LogP contribution >= 0.6 is 0 Å². The first kappa shape index (κ1) is 13.4. The van der Waals surface area contributed by atoms with E-state index in [0.29, 0.717) is 18.2 Å². The summed E-state index contributed by atoms with van der Waals surface area (Å²) < 4.78 is 0. The van der Waals surface area contributed by atoms with Crippen LogP contribution in [0.3, 0.4) is 0 Å². The Morgan fingerprint density at radius 2 is 2.16 bits per heavy atom. The van der Waals surface area contributed by atoms with E-state index in [9.17, 15) is 4.79 Å². The summed E-state index contributed by atoms with van der Waals surface area (Å²) in [4.78, 5) is 11.8. The van der Waals surface area contributed by atoms with Gasteiger partial charge in [-0.1, -0.05) is 24.0 Å². The van der Waals surface area contributed by atoms with Gasteiger partial charge in [0.1, 0.15) is 0 Å². The number of para-hydroxylation sites is 1. The quantitative estimate of drug-likeness (QED) is 0.727. The Kier molecular flexibility index (Phi) is 4.82. The Morgan fingerprint density at radius 3 is 2.84 bits per heavy atom. The highest BCUT2D eigenvalue weighted by Crippen LogP contribution is 2.19. The molecule has 0 bridgehead atoms. The summed E-state index contributed by atoms with van der Waals surface area (Å²) in [5.41, 5.74) is 1.46. The Labute approximate surface area is 113 Å². The maximum atomic E-state index is 11.8. The lowest BCUT2D eigenvalue weighted by molar-refractivity contribution is 0.240. The van der Waals surface area contributed by atoms with Crippen LogP contribution in [0.25, 0.3) is 0 Å². The second-order valence-corrected chi connectivity index (χ2v) is 4.55. The van der Waals surface area contributed by atoms with Gasteiger partial charge in [0.05, 0.1) is 12.3 Å². The Hall–Kier alpha value is -1.99. The van der Waals surface area contributed by atoms with Crippen LogP contribution in [-0.2, 0) is 0 Å². The lowest BCUT2D eigenvalue weighted by Gasteiger charge is -2.26. The molecule has 1 aliphatic rings. The molecule has 0 spiro atoms. The Bertz CT molecular complexity index is 498. The van der Waals surface area contributed by atoms with Gasteiger partial charge in [-0.05, 0) is 31.4 Å². The molecule has 100 valence electrons. The van der Waals surface area contributed by atoms with E-state index < -0.39 is 0 Å². The minimum Gasteiger partial charge on any atom is -0.395 e. The van der Waals surface area contributed by atoms with Crippen molar-refractivity contribution in [3.63, 3.8) is 0 Å². The van der Waals surface area contributed by atoms with Crippen molar-refractivity contribution in [2.24, 2.45) is 0 Å². The molecule has 0 saturated heterocycles. The summed E-state index contributed by atoms with van der Waals surface area (Å²) in [6.45, 7) is 0.0464. The highest BCUT2D eigenvalue weighted by molar-refractivity contribution is 5.91. The van der Waals surface area contributed by atoms with Crippen molar-refractivity contribution in [2.45, 2.75) is 31.7 Å². The van der Waals surface area contributed by atoms with E-state index >= 15 is 0 Å². The number of amides is 2. The Balaban J connectivity index is 1.98. The van der Waals surface area contributed by atoms with Gasteiger partial charge in [-0.3, -0.25) is 0 Å². The Morgan fingerprint density at radius 1 is 1.37 bits per heavy atom. The average Bonchev–Trinajstić information content (AvgIpc) is 2.36. The molecule has 0 unspecified atom stereocenters. The molecule has 2 rings (SSSR count). The SMILES string of the molecule is O=C(Nc1ccccc1C#CCCO)NC1CCC1. The molecule has 1 saturated carbocycles. The minimum absolute atomic E-state index is 0.0464. The number of carbonyl (C=O) groups is 1. The zero-order chi connectivity index (χ0) is 13.5. The molecule has 0 aliphatic heterocycles. The summed E-state index contributed by atoms with van der Waals surface area (Å²) in [6, 6.07) is 7.54. The van der Waals surface area contributed by atoms with E-state index in [2.05, 4.69) is 22.5 Å². The predicted molar refractivity (Wildman–Crippen MR) is 74.8 cm³/mol. The van der Waals surface area contributed by atoms with Gasteiger partial charge < -0.3 is 15.7 Å². The molecule has 0 atom stereocenters. The van der Waals surface area contributed by atoms with Crippen LogP contribution in [0.15, 0.2) is 24.3 Å².